The molecular weight excluding hydrogens is 290 g/mol. The lowest BCUT2D eigenvalue weighted by Crippen LogP contribution is -2.34. The molecule has 0 aliphatic heterocycles. The van der Waals surface area contributed by atoms with Crippen LogP contribution in [0.1, 0.15) is 27.8 Å². The maximum absolute atomic E-state index is 2.32. The van der Waals surface area contributed by atoms with Gasteiger partial charge in [0.25, 0.3) is 0 Å². The summed E-state index contributed by atoms with van der Waals surface area (Å²) in [5.41, 5.74) is 11.8. The van der Waals surface area contributed by atoms with Crippen molar-refractivity contribution >= 4 is 0 Å². The van der Waals surface area contributed by atoms with Crippen LogP contribution in [0.3, 0.4) is 0 Å². The summed E-state index contributed by atoms with van der Waals surface area (Å²) in [7, 11) is 2.17. The molecule has 3 aromatic rings. The zero-order valence-electron chi connectivity index (χ0n) is 15.6. The van der Waals surface area contributed by atoms with E-state index in [9.17, 15) is 0 Å². The fourth-order valence-corrected chi connectivity index (χ4v) is 3.37. The van der Waals surface area contributed by atoms with Crippen LogP contribution in [0.25, 0.3) is 22.5 Å². The third-order valence-corrected chi connectivity index (χ3v) is 5.02. The predicted molar refractivity (Wildman–Crippen MR) is 102 cm³/mol. The van der Waals surface area contributed by atoms with E-state index < -0.39 is 0 Å². The van der Waals surface area contributed by atoms with Crippen LogP contribution < -0.4 is 4.57 Å². The minimum Gasteiger partial charge on any atom is -0.194 e. The Kier molecular flexibility index (Phi) is 4.28. The normalized spacial score (nSPS) is 10.9. The third kappa shape index (κ3) is 2.87. The quantitative estimate of drug-likeness (QED) is 0.558. The molecule has 1 heterocycles. The number of pyridine rings is 1. The van der Waals surface area contributed by atoms with Crippen molar-refractivity contribution in [3.63, 3.8) is 0 Å². The Bertz CT molecular complexity index is 920. The summed E-state index contributed by atoms with van der Waals surface area (Å²) in [5, 5.41) is 0. The van der Waals surface area contributed by atoms with E-state index in [0.717, 1.165) is 0 Å². The Morgan fingerprint density at radius 2 is 1.17 bits per heavy atom. The van der Waals surface area contributed by atoms with Gasteiger partial charge in [0.1, 0.15) is 7.05 Å². The Hall–Kier alpha value is -2.41. The highest BCUT2D eigenvalue weighted by Gasteiger charge is 2.19. The lowest BCUT2D eigenvalue weighted by Gasteiger charge is -2.11. The average Bonchev–Trinajstić information content (AvgIpc) is 2.54. The molecular formula is C23H26N+. The first-order chi connectivity index (χ1) is 11.4. The Morgan fingerprint density at radius 1 is 0.583 bits per heavy atom. The van der Waals surface area contributed by atoms with E-state index in [4.69, 9.17) is 0 Å². The zero-order valence-corrected chi connectivity index (χ0v) is 15.6. The van der Waals surface area contributed by atoms with Crippen LogP contribution in [-0.4, -0.2) is 0 Å². The molecule has 1 heteroatoms. The lowest BCUT2D eigenvalue weighted by molar-refractivity contribution is -0.649. The fraction of sp³-hybridized carbons (Fsp3) is 0.261. The second-order valence-electron chi connectivity index (χ2n) is 6.93. The number of aryl methyl sites for hydroxylation is 5. The second-order valence-corrected chi connectivity index (χ2v) is 6.93. The van der Waals surface area contributed by atoms with Gasteiger partial charge in [-0.2, -0.15) is 4.57 Å². The number of hydrogen-bond acceptors (Lipinski definition) is 0. The summed E-state index contributed by atoms with van der Waals surface area (Å²) in [6, 6.07) is 17.9. The van der Waals surface area contributed by atoms with Gasteiger partial charge >= 0.3 is 0 Å². The highest BCUT2D eigenvalue weighted by molar-refractivity contribution is 5.67. The molecule has 0 unspecified atom stereocenters. The van der Waals surface area contributed by atoms with E-state index in [1.807, 2.05) is 0 Å². The largest absolute Gasteiger partial charge is 0.213 e. The molecule has 1 aromatic heterocycles. The summed E-state index contributed by atoms with van der Waals surface area (Å²) in [6.07, 6.45) is 0. The van der Waals surface area contributed by atoms with Gasteiger partial charge in [-0.25, -0.2) is 0 Å². The van der Waals surface area contributed by atoms with Crippen molar-refractivity contribution in [3.05, 3.63) is 76.3 Å². The summed E-state index contributed by atoms with van der Waals surface area (Å²) in [5.74, 6) is 0. The smallest absolute Gasteiger partial charge is 0.194 e. The van der Waals surface area contributed by atoms with Gasteiger partial charge in [0.2, 0.25) is 11.4 Å². The monoisotopic (exact) mass is 316 g/mol. The molecule has 0 N–H and O–H groups in total. The highest BCUT2D eigenvalue weighted by Crippen LogP contribution is 2.27. The second kappa shape index (κ2) is 6.24. The molecule has 3 rings (SSSR count). The molecule has 0 saturated carbocycles. The number of benzene rings is 2. The van der Waals surface area contributed by atoms with Gasteiger partial charge in [0, 0.05) is 23.3 Å². The highest BCUT2D eigenvalue weighted by atomic mass is 14.9. The molecule has 2 aromatic carbocycles. The first-order valence-electron chi connectivity index (χ1n) is 8.53. The summed E-state index contributed by atoms with van der Waals surface area (Å²) >= 11 is 0. The van der Waals surface area contributed by atoms with Crippen LogP contribution >= 0.6 is 0 Å². The van der Waals surface area contributed by atoms with Gasteiger partial charge in [-0.1, -0.05) is 23.8 Å². The van der Waals surface area contributed by atoms with E-state index in [2.05, 4.69) is 94.8 Å². The van der Waals surface area contributed by atoms with E-state index >= 15 is 0 Å². The van der Waals surface area contributed by atoms with Crippen molar-refractivity contribution < 1.29 is 4.57 Å². The van der Waals surface area contributed by atoms with E-state index in [1.165, 1.54) is 50.3 Å². The zero-order chi connectivity index (χ0) is 17.4. The third-order valence-electron chi connectivity index (χ3n) is 5.02. The first kappa shape index (κ1) is 16.4. The van der Waals surface area contributed by atoms with Crippen molar-refractivity contribution in [3.8, 4) is 22.5 Å². The van der Waals surface area contributed by atoms with Gasteiger partial charge in [0.15, 0.2) is 0 Å². The molecule has 122 valence electrons. The fourth-order valence-electron chi connectivity index (χ4n) is 3.37. The van der Waals surface area contributed by atoms with Crippen LogP contribution in [-0.2, 0) is 7.05 Å². The molecule has 0 amide bonds. The maximum Gasteiger partial charge on any atom is 0.213 e. The predicted octanol–water partition coefficient (Wildman–Crippen LogP) is 5.39. The molecule has 0 aliphatic rings. The van der Waals surface area contributed by atoms with Gasteiger partial charge in [-0.15, -0.1) is 0 Å². The number of aromatic nitrogens is 1. The topological polar surface area (TPSA) is 3.88 Å². The lowest BCUT2D eigenvalue weighted by atomic mass is 9.97. The van der Waals surface area contributed by atoms with E-state index in [1.54, 1.807) is 0 Å². The van der Waals surface area contributed by atoms with Crippen LogP contribution in [0, 0.1) is 34.6 Å². The van der Waals surface area contributed by atoms with Crippen molar-refractivity contribution in [1.82, 2.24) is 0 Å². The molecule has 0 bridgehead atoms. The Morgan fingerprint density at radius 3 is 1.83 bits per heavy atom. The molecule has 24 heavy (non-hydrogen) atoms. The molecule has 0 aliphatic carbocycles. The van der Waals surface area contributed by atoms with E-state index in [-0.39, 0.29) is 0 Å². The maximum atomic E-state index is 2.32. The van der Waals surface area contributed by atoms with Gasteiger partial charge in [-0.05, 0) is 75.1 Å². The summed E-state index contributed by atoms with van der Waals surface area (Å²) in [4.78, 5) is 0. The minimum absolute atomic E-state index is 1.26. The molecule has 1 nitrogen and oxygen atoms in total. The molecule has 0 spiro atoms. The molecule has 0 radical (unpaired) electrons. The molecule has 0 atom stereocenters. The molecule has 0 fully saturated rings. The van der Waals surface area contributed by atoms with Crippen LogP contribution in [0.2, 0.25) is 0 Å². The number of nitrogens with zero attached hydrogens (tertiary/aromatic N) is 1. The average molecular weight is 316 g/mol. The van der Waals surface area contributed by atoms with Crippen molar-refractivity contribution in [2.24, 2.45) is 7.05 Å². The number of rotatable bonds is 2. The van der Waals surface area contributed by atoms with Crippen molar-refractivity contribution in [2.45, 2.75) is 34.6 Å². The van der Waals surface area contributed by atoms with Crippen LogP contribution in [0.5, 0.6) is 0 Å². The summed E-state index contributed by atoms with van der Waals surface area (Å²) < 4.78 is 2.32. The summed E-state index contributed by atoms with van der Waals surface area (Å²) in [6.45, 7) is 10.9. The Balaban J connectivity index is 2.23. The van der Waals surface area contributed by atoms with Crippen LogP contribution in [0.4, 0.5) is 0 Å². The SMILES string of the molecule is Cc1ccc(C)c(-c2cccc(-c3cc(C)c(C)cc3C)[n+]2C)c1. The van der Waals surface area contributed by atoms with Gasteiger partial charge < -0.3 is 0 Å². The van der Waals surface area contributed by atoms with Crippen molar-refractivity contribution in [1.29, 1.82) is 0 Å². The van der Waals surface area contributed by atoms with E-state index in [0.29, 0.717) is 0 Å². The Labute approximate surface area is 145 Å². The van der Waals surface area contributed by atoms with Gasteiger partial charge in [-0.3, -0.25) is 0 Å². The van der Waals surface area contributed by atoms with Gasteiger partial charge in [0.05, 0.1) is 0 Å². The number of hydrogen-bond donors (Lipinski definition) is 0. The standard InChI is InChI=1S/C23H26N/c1-15-10-11-16(2)20(12-15)22-8-7-9-23(24(22)6)21-14-18(4)17(3)13-19(21)5/h7-14H,1-6H3/q+1. The van der Waals surface area contributed by atoms with Crippen LogP contribution in [0.15, 0.2) is 48.5 Å². The van der Waals surface area contributed by atoms with Crippen molar-refractivity contribution in [2.75, 3.05) is 0 Å². The minimum atomic E-state index is 1.26. The first-order valence-corrected chi connectivity index (χ1v) is 8.53. The molecule has 0 saturated heterocycles.